The van der Waals surface area contributed by atoms with Crippen molar-refractivity contribution in [3.05, 3.63) is 321 Å². The summed E-state index contributed by atoms with van der Waals surface area (Å²) in [6.07, 6.45) is 4.43. The summed E-state index contributed by atoms with van der Waals surface area (Å²) in [4.78, 5) is 66.9. The Labute approximate surface area is 856 Å². The number of aromatic amines is 1. The number of carboxylic acids is 3. The van der Waals surface area contributed by atoms with Gasteiger partial charge in [-0.15, -0.1) is 15.3 Å². The molecule has 6 aliphatic carbocycles. The van der Waals surface area contributed by atoms with Crippen LogP contribution in [0.4, 0.5) is 13.2 Å². The van der Waals surface area contributed by atoms with Gasteiger partial charge in [0.05, 0.1) is 95.2 Å². The van der Waals surface area contributed by atoms with Crippen molar-refractivity contribution in [1.29, 1.82) is 15.8 Å². The summed E-state index contributed by atoms with van der Waals surface area (Å²) in [6.45, 7) is 5.17. The van der Waals surface area contributed by atoms with E-state index in [1.165, 1.54) is 26.9 Å². The molecule has 19 rings (SSSR count). The predicted molar refractivity (Wildman–Crippen MR) is 529 cm³/mol. The molecule has 40 heteroatoms. The van der Waals surface area contributed by atoms with Gasteiger partial charge < -0.3 is 63.1 Å². The number of nitriles is 3. The second-order valence-electron chi connectivity index (χ2n) is 34.5. The lowest BCUT2D eigenvalue weighted by Crippen LogP contribution is -2.33. The van der Waals surface area contributed by atoms with E-state index in [0.29, 0.717) is 89.4 Å². The summed E-state index contributed by atoms with van der Waals surface area (Å²) in [5.74, 6) is -0.0371. The van der Waals surface area contributed by atoms with Gasteiger partial charge in [-0.25, -0.2) is 43.1 Å². The number of alkyl halides is 3. The molecule has 34 nitrogen and oxygen atoms in total. The van der Waals surface area contributed by atoms with Crippen LogP contribution in [0.15, 0.2) is 232 Å². The molecule has 0 aliphatic heterocycles. The zero-order valence-corrected chi connectivity index (χ0v) is 83.9. The molecule has 4 aromatic heterocycles. The summed E-state index contributed by atoms with van der Waals surface area (Å²) in [7, 11) is 4.85. The maximum absolute atomic E-state index is 12.4. The highest BCUT2D eigenvalue weighted by Crippen LogP contribution is 2.45. The Morgan fingerprint density at radius 3 is 0.938 bits per heavy atom. The number of Topliss-reactive ketones (excluding diaryl/α,β-unsaturated/α-hetero) is 1. The molecule has 752 valence electrons. The number of nitrogens with one attached hydrogen (secondary N) is 1. The minimum atomic E-state index is -5.08. The number of rotatable bonds is 29. The van der Waals surface area contributed by atoms with Gasteiger partial charge >= 0.3 is 36.0 Å². The van der Waals surface area contributed by atoms with Gasteiger partial charge in [-0.2, -0.15) is 29.0 Å². The Kier molecular flexibility index (Phi) is 37.8. The second kappa shape index (κ2) is 51.2. The molecule has 0 bridgehead atoms. The number of carbonyl (C=O) groups is 6. The summed E-state index contributed by atoms with van der Waals surface area (Å²) in [5, 5.41) is 94.8. The third-order valence-corrected chi connectivity index (χ3v) is 26.4. The average Bonchev–Trinajstić information content (AvgIpc) is 1.77. The quantitative estimate of drug-likeness (QED) is 0.0272. The summed E-state index contributed by atoms with van der Waals surface area (Å²) in [5.41, 5.74) is 12.1. The van der Waals surface area contributed by atoms with Crippen molar-refractivity contribution < 1.29 is 105 Å². The number of hydrogen-bond acceptors (Lipinski definition) is 27. The SMILES string of the molecule is CCOC(=O)c1nnn(Cc2ccc(OC)cc2)c1OC1CC(c2ccc(Br)cc2)C1.CCOC(=O)c1nnn(Cc2ccc(OC)cc2)c1OC1CC(c2ccc(C#N)cc2)C1.COc1ccc(Cn2nnc(C(=O)O)c2OC2CC(c3ccc(C#N)cc3)C2)cc1.N#Cc1ccc(C2CC(Oc3nn[nH]c3C(=O)O)C2)cc1.O=C(O)C(F)(F)F.O=C1CC(c2ccc(Br)cc2)C1.OC1CC(c2ccc(Br)cc2)C1. The number of aliphatic hydroxyl groups is 1. The van der Waals surface area contributed by atoms with Gasteiger partial charge in [0.15, 0.2) is 0 Å². The number of esters is 2. The Balaban J connectivity index is 0.000000148. The van der Waals surface area contributed by atoms with E-state index in [4.69, 9.17) is 78.5 Å². The number of H-pyrrole nitrogens is 1. The maximum atomic E-state index is 12.4. The molecule has 13 aromatic rings. The molecule has 0 amide bonds. The summed E-state index contributed by atoms with van der Waals surface area (Å²) in [6, 6.07) is 76.6. The van der Waals surface area contributed by atoms with Gasteiger partial charge in [-0.05, 0) is 273 Å². The van der Waals surface area contributed by atoms with Gasteiger partial charge in [0, 0.05) is 26.3 Å². The van der Waals surface area contributed by atoms with E-state index in [0.717, 1.165) is 136 Å². The van der Waals surface area contributed by atoms with Crippen LogP contribution in [0.5, 0.6) is 40.8 Å². The van der Waals surface area contributed by atoms with E-state index in [9.17, 15) is 42.3 Å². The van der Waals surface area contributed by atoms with Crippen LogP contribution >= 0.6 is 47.8 Å². The number of hydrogen-bond donors (Lipinski definition) is 5. The Morgan fingerprint density at radius 2 is 0.676 bits per heavy atom. The zero-order chi connectivity index (χ0) is 103. The number of ether oxygens (including phenoxy) is 9. The number of nitrogens with zero attached hydrogens (tertiary/aromatic N) is 14. The van der Waals surface area contributed by atoms with Crippen LogP contribution in [0.2, 0.25) is 0 Å². The lowest BCUT2D eigenvalue weighted by Gasteiger charge is -2.35. The fourth-order valence-electron chi connectivity index (χ4n) is 16.2. The fourth-order valence-corrected chi connectivity index (χ4v) is 17.0. The van der Waals surface area contributed by atoms with Gasteiger partial charge in [-0.3, -0.25) is 4.79 Å². The van der Waals surface area contributed by atoms with Crippen LogP contribution in [-0.4, -0.2) is 188 Å². The number of aromatic carboxylic acids is 2. The topological polar surface area (TPSA) is 471 Å². The van der Waals surface area contributed by atoms with Crippen LogP contribution in [0.25, 0.3) is 0 Å². The maximum Gasteiger partial charge on any atom is 0.490 e. The zero-order valence-electron chi connectivity index (χ0n) is 79.1. The molecule has 4 heterocycles. The number of carboxylic acid groups (broad SMARTS) is 3. The van der Waals surface area contributed by atoms with Crippen molar-refractivity contribution in [1.82, 2.24) is 60.4 Å². The van der Waals surface area contributed by atoms with Gasteiger partial charge in [0.2, 0.25) is 40.4 Å². The Bertz CT molecular complexity index is 6650. The number of carbonyl (C=O) groups excluding carboxylic acids is 3. The molecule has 6 fully saturated rings. The van der Waals surface area contributed by atoms with Gasteiger partial charge in [0.25, 0.3) is 5.88 Å². The Hall–Kier alpha value is -15.2. The van der Waals surface area contributed by atoms with Crippen molar-refractivity contribution >= 4 is 83.4 Å². The third kappa shape index (κ3) is 29.8. The van der Waals surface area contributed by atoms with Crippen LogP contribution in [0.3, 0.4) is 0 Å². The molecule has 5 N–H and O–H groups in total. The first-order valence-electron chi connectivity index (χ1n) is 46.2. The minimum absolute atomic E-state index is 0.00468. The third-order valence-electron chi connectivity index (χ3n) is 24.8. The molecule has 0 atom stereocenters. The minimum Gasteiger partial charge on any atom is -0.497 e. The first-order chi connectivity index (χ1) is 69.9. The largest absolute Gasteiger partial charge is 0.497 e. The molecule has 6 saturated carbocycles. The van der Waals surface area contributed by atoms with Crippen LogP contribution in [0.1, 0.15) is 235 Å². The molecule has 9 aromatic carbocycles. The molecule has 145 heavy (non-hydrogen) atoms. The molecular formula is C105H101Br3F3N15O19. The van der Waals surface area contributed by atoms with E-state index in [1.807, 2.05) is 133 Å². The molecule has 0 spiro atoms. The number of aliphatic carboxylic acids is 1. The van der Waals surface area contributed by atoms with Crippen molar-refractivity contribution in [2.45, 2.75) is 183 Å². The van der Waals surface area contributed by atoms with Crippen LogP contribution < -0.4 is 33.2 Å². The standard InChI is InChI=1S/C24H24N4O4.C23H24BrN3O4.C22H20N4O4.C14H12N4O3.C10H11BrO.C10H9BrO.C2HF3O2/c1-3-31-24(29)22-23(28(27-26-22)15-17-6-10-20(30-2)11-7-17)32-21-12-19(13-21)18-8-4-16(14-25)5-9-18;1-3-30-23(28)21-22(27(26-25-21)14-15-4-10-19(29-2)11-5-15)31-20-12-17(13-20)16-6-8-18(24)9-7-16;1-29-18-8-4-15(5-9-18)13-26-21(20(22(27)28)24-25-26)30-19-10-17(11-19)16-6-2-14(12-23)3-7-16;15-7-8-1-3-9(4-2-8)10-5-11(6-10)21-13-12(14(19)20)16-18-17-13;2*11-9-3-1-7(2-4-9)8-5-10(12)6-8;3-2(4,5)1(6)7/h4-11,19,21H,3,12-13,15H2,1-2H3;4-11,17,20H,3,12-14H2,1-2H3;2-9,17,19H,10-11,13H2,1H3,(H,27,28);1-4,10-11H,5-6H2,(H,19,20)(H,16,17,18);1-4,8,10,12H,5-6H2;1-4,8H,5-6H2;(H,6,7). The van der Waals surface area contributed by atoms with Crippen molar-refractivity contribution in [2.75, 3.05) is 34.5 Å². The van der Waals surface area contributed by atoms with Gasteiger partial charge in [0.1, 0.15) is 47.4 Å². The first-order valence-corrected chi connectivity index (χ1v) is 48.6. The monoisotopic (exact) mass is 2170 g/mol. The molecule has 0 unspecified atom stereocenters. The number of ketones is 1. The van der Waals surface area contributed by atoms with E-state index in [1.54, 1.807) is 68.8 Å². The molecular weight excluding hydrogens is 2070 g/mol. The predicted octanol–water partition coefficient (Wildman–Crippen LogP) is 19.5. The first kappa shape index (κ1) is 107. The number of aromatic nitrogens is 12. The van der Waals surface area contributed by atoms with E-state index >= 15 is 0 Å². The number of halogens is 6. The highest BCUT2D eigenvalue weighted by atomic mass is 79.9. The highest BCUT2D eigenvalue weighted by Gasteiger charge is 2.41. The van der Waals surface area contributed by atoms with E-state index in [2.05, 4.69) is 173 Å². The lowest BCUT2D eigenvalue weighted by molar-refractivity contribution is -0.192. The van der Waals surface area contributed by atoms with Crippen molar-refractivity contribution in [2.24, 2.45) is 0 Å². The normalized spacial score (nSPS) is 18.5. The average molecular weight is 2170 g/mol. The number of aliphatic hydroxyl groups excluding tert-OH is 1. The van der Waals surface area contributed by atoms with Crippen molar-refractivity contribution in [3.8, 4) is 59.0 Å². The summed E-state index contributed by atoms with van der Waals surface area (Å²) >= 11 is 10.2. The van der Waals surface area contributed by atoms with Gasteiger partial charge in [-0.1, -0.05) is 183 Å². The number of methoxy groups -OCH3 is 3. The van der Waals surface area contributed by atoms with Crippen LogP contribution in [-0.2, 0) is 38.7 Å². The number of benzene rings is 9. The van der Waals surface area contributed by atoms with E-state index < -0.39 is 36.0 Å². The van der Waals surface area contributed by atoms with E-state index in [-0.39, 0.29) is 78.3 Å². The smallest absolute Gasteiger partial charge is 0.490 e. The molecule has 6 aliphatic rings. The Morgan fingerprint density at radius 1 is 0.400 bits per heavy atom. The lowest BCUT2D eigenvalue weighted by atomic mass is 9.77. The summed E-state index contributed by atoms with van der Waals surface area (Å²) < 4.78 is 89.5. The van der Waals surface area contributed by atoms with Crippen LogP contribution in [0, 0.1) is 34.0 Å². The fraction of sp³-hybridized carbons (Fsp3) is 0.324. The highest BCUT2D eigenvalue weighted by molar-refractivity contribution is 9.11. The van der Waals surface area contributed by atoms with Crippen molar-refractivity contribution in [3.63, 3.8) is 0 Å². The molecule has 0 radical (unpaired) electrons. The second-order valence-corrected chi connectivity index (χ2v) is 37.3. The molecule has 0 saturated heterocycles.